The molecule has 1 saturated heterocycles. The maximum absolute atomic E-state index is 12.8. The number of nitrogens with one attached hydrogen (secondary N) is 2. The third kappa shape index (κ3) is 5.09. The number of benzene rings is 2. The summed E-state index contributed by atoms with van der Waals surface area (Å²) in [6.45, 7) is 1.85. The van der Waals surface area contributed by atoms with Crippen LogP contribution in [-0.4, -0.2) is 40.1 Å². The fourth-order valence-electron chi connectivity index (χ4n) is 3.22. The van der Waals surface area contributed by atoms with Crippen LogP contribution in [0.25, 0.3) is 0 Å². The van der Waals surface area contributed by atoms with E-state index in [9.17, 15) is 19.7 Å². The van der Waals surface area contributed by atoms with E-state index in [1.165, 1.54) is 24.3 Å². The number of hydrogen-bond donors (Lipinski definition) is 3. The zero-order valence-electron chi connectivity index (χ0n) is 16.0. The van der Waals surface area contributed by atoms with Gasteiger partial charge in [-0.3, -0.25) is 20.2 Å². The lowest BCUT2D eigenvalue weighted by molar-refractivity contribution is -0.384. The molecule has 0 unspecified atom stereocenters. The van der Waals surface area contributed by atoms with Gasteiger partial charge in [0.25, 0.3) is 11.6 Å². The zero-order valence-corrected chi connectivity index (χ0v) is 16.8. The number of anilines is 1. The molecular formula is C20H20N4O5S. The molecule has 0 saturated carbocycles. The first kappa shape index (κ1) is 21.2. The molecule has 3 N–H and O–H groups in total. The summed E-state index contributed by atoms with van der Waals surface area (Å²) in [7, 11) is 0. The van der Waals surface area contributed by atoms with E-state index in [1.54, 1.807) is 18.2 Å². The number of hydrogen-bond acceptors (Lipinski definition) is 6. The van der Waals surface area contributed by atoms with Crippen LogP contribution in [-0.2, 0) is 6.54 Å². The third-order valence-electron chi connectivity index (χ3n) is 4.76. The van der Waals surface area contributed by atoms with Gasteiger partial charge in [0.05, 0.1) is 21.7 Å². The van der Waals surface area contributed by atoms with Crippen LogP contribution >= 0.6 is 12.2 Å². The molecule has 0 aromatic heterocycles. The Morgan fingerprint density at radius 3 is 2.40 bits per heavy atom. The highest BCUT2D eigenvalue weighted by atomic mass is 32.1. The van der Waals surface area contributed by atoms with Crippen LogP contribution < -0.4 is 15.5 Å². The van der Waals surface area contributed by atoms with Crippen molar-refractivity contribution < 1.29 is 19.6 Å². The van der Waals surface area contributed by atoms with Gasteiger partial charge in [0.2, 0.25) is 0 Å². The average molecular weight is 428 g/mol. The number of rotatable bonds is 6. The minimum absolute atomic E-state index is 0.0705. The monoisotopic (exact) mass is 428 g/mol. The second-order valence-electron chi connectivity index (χ2n) is 6.79. The van der Waals surface area contributed by atoms with Crippen molar-refractivity contribution in [2.24, 2.45) is 0 Å². The Bertz CT molecular complexity index is 987. The van der Waals surface area contributed by atoms with Gasteiger partial charge in [-0.2, -0.15) is 0 Å². The van der Waals surface area contributed by atoms with Crippen molar-refractivity contribution >= 4 is 40.6 Å². The number of nitro benzene ring substituents is 1. The standard InChI is InChI=1S/C20H20N4O5S/c25-18(22-20(30)21-12-13-3-5-14(6-4-13)19(26)27)16-11-15(24(28)29)7-8-17(16)23-9-1-2-10-23/h3-8,11H,1-2,9-10,12H2,(H,26,27)(H2,21,22,25,30). The molecule has 10 heteroatoms. The number of carboxylic acid groups (broad SMARTS) is 1. The minimum atomic E-state index is -1.01. The van der Waals surface area contributed by atoms with Gasteiger partial charge in [-0.15, -0.1) is 0 Å². The van der Waals surface area contributed by atoms with Gasteiger partial charge in [0.15, 0.2) is 5.11 Å². The number of amides is 1. The number of carboxylic acids is 1. The Kier molecular flexibility index (Phi) is 6.58. The van der Waals surface area contributed by atoms with Crippen LogP contribution in [0.1, 0.15) is 39.1 Å². The van der Waals surface area contributed by atoms with E-state index in [1.807, 2.05) is 4.90 Å². The summed E-state index contributed by atoms with van der Waals surface area (Å²) in [6.07, 6.45) is 2.00. The van der Waals surface area contributed by atoms with Crippen molar-refractivity contribution in [1.29, 1.82) is 0 Å². The van der Waals surface area contributed by atoms with E-state index < -0.39 is 16.8 Å². The molecule has 1 heterocycles. The van der Waals surface area contributed by atoms with Crippen molar-refractivity contribution in [3.05, 3.63) is 69.3 Å². The van der Waals surface area contributed by atoms with E-state index in [0.29, 0.717) is 5.69 Å². The Balaban J connectivity index is 1.68. The molecule has 1 aliphatic rings. The van der Waals surface area contributed by atoms with E-state index in [-0.39, 0.29) is 28.5 Å². The maximum Gasteiger partial charge on any atom is 0.335 e. The molecule has 1 aliphatic heterocycles. The molecule has 0 aliphatic carbocycles. The van der Waals surface area contributed by atoms with Crippen LogP contribution in [0.5, 0.6) is 0 Å². The molecule has 156 valence electrons. The number of non-ortho nitro benzene ring substituents is 1. The topological polar surface area (TPSA) is 125 Å². The lowest BCUT2D eigenvalue weighted by Crippen LogP contribution is -2.39. The van der Waals surface area contributed by atoms with Gasteiger partial charge in [0, 0.05) is 31.8 Å². The smallest absolute Gasteiger partial charge is 0.335 e. The number of aromatic carboxylic acids is 1. The van der Waals surface area contributed by atoms with Crippen LogP contribution in [0.4, 0.5) is 11.4 Å². The van der Waals surface area contributed by atoms with Crippen molar-refractivity contribution in [1.82, 2.24) is 10.6 Å². The van der Waals surface area contributed by atoms with Crippen molar-refractivity contribution in [2.45, 2.75) is 19.4 Å². The van der Waals surface area contributed by atoms with Crippen molar-refractivity contribution in [3.8, 4) is 0 Å². The molecule has 2 aromatic carbocycles. The number of nitrogens with zero attached hydrogens (tertiary/aromatic N) is 2. The predicted molar refractivity (Wildman–Crippen MR) is 115 cm³/mol. The minimum Gasteiger partial charge on any atom is -0.478 e. The molecule has 30 heavy (non-hydrogen) atoms. The molecule has 3 rings (SSSR count). The summed E-state index contributed by atoms with van der Waals surface area (Å²) >= 11 is 5.17. The fraction of sp³-hybridized carbons (Fsp3) is 0.250. The summed E-state index contributed by atoms with van der Waals surface area (Å²) in [5, 5.41) is 25.6. The Morgan fingerprint density at radius 2 is 1.80 bits per heavy atom. The van der Waals surface area contributed by atoms with Gasteiger partial charge in [-0.1, -0.05) is 12.1 Å². The first-order chi connectivity index (χ1) is 14.3. The second kappa shape index (κ2) is 9.31. The lowest BCUT2D eigenvalue weighted by Gasteiger charge is -2.21. The zero-order chi connectivity index (χ0) is 21.7. The van der Waals surface area contributed by atoms with Crippen LogP contribution in [0.2, 0.25) is 0 Å². The van der Waals surface area contributed by atoms with E-state index in [2.05, 4.69) is 10.6 Å². The molecule has 0 spiro atoms. The largest absolute Gasteiger partial charge is 0.478 e. The van der Waals surface area contributed by atoms with Gasteiger partial charge < -0.3 is 15.3 Å². The number of carbonyl (C=O) groups excluding carboxylic acids is 1. The highest BCUT2D eigenvalue weighted by molar-refractivity contribution is 7.80. The highest BCUT2D eigenvalue weighted by Crippen LogP contribution is 2.28. The van der Waals surface area contributed by atoms with Crippen molar-refractivity contribution in [3.63, 3.8) is 0 Å². The molecular weight excluding hydrogens is 408 g/mol. The van der Waals surface area contributed by atoms with E-state index in [0.717, 1.165) is 31.5 Å². The summed E-state index contributed by atoms with van der Waals surface area (Å²) in [4.78, 5) is 36.3. The number of carbonyl (C=O) groups is 2. The first-order valence-corrected chi connectivity index (χ1v) is 9.71. The third-order valence-corrected chi connectivity index (χ3v) is 5.01. The second-order valence-corrected chi connectivity index (χ2v) is 7.20. The van der Waals surface area contributed by atoms with Gasteiger partial charge >= 0.3 is 5.97 Å². The molecule has 1 fully saturated rings. The fourth-order valence-corrected chi connectivity index (χ4v) is 3.38. The Labute approximate surface area is 177 Å². The van der Waals surface area contributed by atoms with E-state index in [4.69, 9.17) is 17.3 Å². The average Bonchev–Trinajstić information content (AvgIpc) is 3.26. The van der Waals surface area contributed by atoms with Gasteiger partial charge in [-0.05, 0) is 48.8 Å². The van der Waals surface area contributed by atoms with Crippen LogP contribution in [0, 0.1) is 10.1 Å². The van der Waals surface area contributed by atoms with Crippen LogP contribution in [0.3, 0.4) is 0 Å². The maximum atomic E-state index is 12.8. The van der Waals surface area contributed by atoms with Crippen LogP contribution in [0.15, 0.2) is 42.5 Å². The molecule has 0 radical (unpaired) electrons. The quantitative estimate of drug-likeness (QED) is 0.364. The summed E-state index contributed by atoms with van der Waals surface area (Å²) in [5.41, 5.74) is 1.63. The molecule has 2 aromatic rings. The summed E-state index contributed by atoms with van der Waals surface area (Å²) in [6, 6.07) is 10.5. The molecule has 0 bridgehead atoms. The lowest BCUT2D eigenvalue weighted by atomic mass is 10.1. The van der Waals surface area contributed by atoms with E-state index >= 15 is 0 Å². The molecule has 9 nitrogen and oxygen atoms in total. The number of nitro groups is 1. The molecule has 1 amide bonds. The Hall–Kier alpha value is -3.53. The SMILES string of the molecule is O=C(O)c1ccc(CNC(=S)NC(=O)c2cc([N+](=O)[O-])ccc2N2CCCC2)cc1. The van der Waals surface area contributed by atoms with Crippen molar-refractivity contribution in [2.75, 3.05) is 18.0 Å². The number of thiocarbonyl (C=S) groups is 1. The molecule has 0 atom stereocenters. The van der Waals surface area contributed by atoms with Gasteiger partial charge in [0.1, 0.15) is 0 Å². The highest BCUT2D eigenvalue weighted by Gasteiger charge is 2.23. The Morgan fingerprint density at radius 1 is 1.13 bits per heavy atom. The summed E-state index contributed by atoms with van der Waals surface area (Å²) in [5.74, 6) is -1.54. The first-order valence-electron chi connectivity index (χ1n) is 9.30. The predicted octanol–water partition coefficient (Wildman–Crippen LogP) is 2.70. The normalized spacial score (nSPS) is 13.0. The summed E-state index contributed by atoms with van der Waals surface area (Å²) < 4.78 is 0. The van der Waals surface area contributed by atoms with Gasteiger partial charge in [-0.25, -0.2) is 4.79 Å².